The highest BCUT2D eigenvalue weighted by Crippen LogP contribution is 2.27. The lowest BCUT2D eigenvalue weighted by Gasteiger charge is -2.12. The summed E-state index contributed by atoms with van der Waals surface area (Å²) in [6.07, 6.45) is 1.37. The third-order valence-electron chi connectivity index (χ3n) is 2.66. The van der Waals surface area contributed by atoms with E-state index in [-0.39, 0.29) is 5.02 Å². The average molecular weight is 312 g/mol. The van der Waals surface area contributed by atoms with E-state index >= 15 is 0 Å². The first-order valence-corrected chi connectivity index (χ1v) is 6.55. The molecule has 2 rings (SSSR count). The van der Waals surface area contributed by atoms with Crippen LogP contribution in [0.3, 0.4) is 0 Å². The van der Waals surface area contributed by atoms with Gasteiger partial charge in [-0.15, -0.1) is 0 Å². The van der Waals surface area contributed by atoms with Crippen LogP contribution in [0.2, 0.25) is 5.02 Å². The first-order valence-electron chi connectivity index (χ1n) is 6.17. The Hall–Kier alpha value is -2.12. The van der Waals surface area contributed by atoms with Crippen LogP contribution in [0.25, 0.3) is 0 Å². The lowest BCUT2D eigenvalue weighted by Crippen LogP contribution is -2.12. The van der Waals surface area contributed by atoms with E-state index in [0.29, 0.717) is 36.2 Å². The SMILES string of the molecule is COCCNc1ncnc(Nc2ccc(F)c(Cl)c2)c1N. The summed E-state index contributed by atoms with van der Waals surface area (Å²) in [4.78, 5) is 8.11. The Labute approximate surface area is 126 Å². The van der Waals surface area contributed by atoms with Gasteiger partial charge in [-0.3, -0.25) is 0 Å². The quantitative estimate of drug-likeness (QED) is 0.711. The molecule has 2 aromatic rings. The molecule has 0 saturated heterocycles. The summed E-state index contributed by atoms with van der Waals surface area (Å²) < 4.78 is 18.1. The summed E-state index contributed by atoms with van der Waals surface area (Å²) in [7, 11) is 1.61. The highest BCUT2D eigenvalue weighted by atomic mass is 35.5. The van der Waals surface area contributed by atoms with Gasteiger partial charge < -0.3 is 21.1 Å². The third-order valence-corrected chi connectivity index (χ3v) is 2.95. The number of rotatable bonds is 6. The van der Waals surface area contributed by atoms with Crippen LogP contribution in [-0.4, -0.2) is 30.2 Å². The lowest BCUT2D eigenvalue weighted by atomic mass is 10.3. The molecule has 0 aliphatic rings. The Kier molecular flexibility index (Phi) is 5.13. The second-order valence-corrected chi connectivity index (χ2v) is 4.57. The largest absolute Gasteiger partial charge is 0.393 e. The van der Waals surface area contributed by atoms with E-state index < -0.39 is 5.82 Å². The fourth-order valence-corrected chi connectivity index (χ4v) is 1.80. The minimum atomic E-state index is -0.486. The molecule has 0 aliphatic heterocycles. The molecule has 0 atom stereocenters. The van der Waals surface area contributed by atoms with E-state index in [4.69, 9.17) is 22.1 Å². The van der Waals surface area contributed by atoms with Crippen molar-refractivity contribution in [3.63, 3.8) is 0 Å². The molecule has 0 aliphatic carbocycles. The zero-order valence-electron chi connectivity index (χ0n) is 11.4. The van der Waals surface area contributed by atoms with E-state index in [0.717, 1.165) is 0 Å². The van der Waals surface area contributed by atoms with Crippen molar-refractivity contribution in [3.8, 4) is 0 Å². The maximum atomic E-state index is 13.1. The monoisotopic (exact) mass is 311 g/mol. The maximum Gasteiger partial charge on any atom is 0.159 e. The van der Waals surface area contributed by atoms with Crippen molar-refractivity contribution < 1.29 is 9.13 Å². The number of aromatic nitrogens is 2. The van der Waals surface area contributed by atoms with E-state index in [1.807, 2.05) is 0 Å². The number of methoxy groups -OCH3 is 1. The maximum absolute atomic E-state index is 13.1. The Morgan fingerprint density at radius 3 is 2.81 bits per heavy atom. The zero-order valence-corrected chi connectivity index (χ0v) is 12.1. The molecule has 0 amide bonds. The van der Waals surface area contributed by atoms with Crippen LogP contribution >= 0.6 is 11.6 Å². The molecule has 0 bridgehead atoms. The standard InChI is InChI=1S/C13H15ClFN5O/c1-21-5-4-17-12-11(16)13(19-7-18-12)20-8-2-3-10(15)9(14)6-8/h2-3,6-7H,4-5,16H2,1H3,(H2,17,18,19,20). The van der Waals surface area contributed by atoms with Crippen molar-refractivity contribution in [3.05, 3.63) is 35.4 Å². The normalized spacial score (nSPS) is 10.4. The van der Waals surface area contributed by atoms with E-state index in [1.54, 1.807) is 13.2 Å². The Morgan fingerprint density at radius 2 is 2.10 bits per heavy atom. The summed E-state index contributed by atoms with van der Waals surface area (Å²) >= 11 is 5.73. The predicted molar refractivity (Wildman–Crippen MR) is 81.5 cm³/mol. The molecule has 21 heavy (non-hydrogen) atoms. The summed E-state index contributed by atoms with van der Waals surface area (Å²) in [5.74, 6) is 0.421. The molecule has 1 aromatic heterocycles. The van der Waals surface area contributed by atoms with Crippen LogP contribution in [0.4, 0.5) is 27.4 Å². The molecule has 0 radical (unpaired) electrons. The van der Waals surface area contributed by atoms with Crippen LogP contribution < -0.4 is 16.4 Å². The van der Waals surface area contributed by atoms with Crippen molar-refractivity contribution in [1.82, 2.24) is 9.97 Å². The summed E-state index contributed by atoms with van der Waals surface area (Å²) in [5, 5.41) is 6.03. The Balaban J connectivity index is 2.16. The van der Waals surface area contributed by atoms with Crippen molar-refractivity contribution in [2.45, 2.75) is 0 Å². The van der Waals surface area contributed by atoms with Gasteiger partial charge in [-0.2, -0.15) is 0 Å². The fraction of sp³-hybridized carbons (Fsp3) is 0.231. The highest BCUT2D eigenvalue weighted by Gasteiger charge is 2.09. The molecule has 0 fully saturated rings. The molecule has 0 unspecified atom stereocenters. The summed E-state index contributed by atoms with van der Waals surface area (Å²) in [6.45, 7) is 1.10. The second-order valence-electron chi connectivity index (χ2n) is 4.16. The van der Waals surface area contributed by atoms with Crippen LogP contribution in [0.5, 0.6) is 0 Å². The number of hydrogen-bond donors (Lipinski definition) is 3. The molecule has 0 saturated carbocycles. The van der Waals surface area contributed by atoms with Gasteiger partial charge in [0.1, 0.15) is 17.8 Å². The number of nitrogen functional groups attached to an aromatic ring is 1. The first kappa shape index (κ1) is 15.3. The smallest absolute Gasteiger partial charge is 0.159 e. The minimum absolute atomic E-state index is 0.0195. The summed E-state index contributed by atoms with van der Waals surface area (Å²) in [5.41, 5.74) is 6.92. The molecule has 6 nitrogen and oxygen atoms in total. The molecule has 1 aromatic carbocycles. The number of nitrogens with one attached hydrogen (secondary N) is 2. The summed E-state index contributed by atoms with van der Waals surface area (Å²) in [6, 6.07) is 4.26. The number of hydrogen-bond acceptors (Lipinski definition) is 6. The predicted octanol–water partition coefficient (Wildman–Crippen LogP) is 2.65. The molecule has 0 spiro atoms. The van der Waals surface area contributed by atoms with Crippen molar-refractivity contribution in [2.75, 3.05) is 36.6 Å². The van der Waals surface area contributed by atoms with Gasteiger partial charge in [0.25, 0.3) is 0 Å². The zero-order chi connectivity index (χ0) is 15.2. The van der Waals surface area contributed by atoms with Gasteiger partial charge in [-0.05, 0) is 18.2 Å². The molecule has 8 heteroatoms. The average Bonchev–Trinajstić information content (AvgIpc) is 2.47. The van der Waals surface area contributed by atoms with Crippen molar-refractivity contribution >= 4 is 34.6 Å². The van der Waals surface area contributed by atoms with Gasteiger partial charge in [0.05, 0.1) is 11.6 Å². The van der Waals surface area contributed by atoms with Gasteiger partial charge in [0.15, 0.2) is 11.6 Å². The molecular weight excluding hydrogens is 297 g/mol. The van der Waals surface area contributed by atoms with Crippen LogP contribution in [0, 0.1) is 5.82 Å². The van der Waals surface area contributed by atoms with Gasteiger partial charge in [-0.25, -0.2) is 14.4 Å². The highest BCUT2D eigenvalue weighted by molar-refractivity contribution is 6.31. The number of benzene rings is 1. The van der Waals surface area contributed by atoms with E-state index in [2.05, 4.69) is 20.6 Å². The number of nitrogens with zero attached hydrogens (tertiary/aromatic N) is 2. The van der Waals surface area contributed by atoms with Crippen LogP contribution in [0.15, 0.2) is 24.5 Å². The third kappa shape index (κ3) is 3.93. The van der Waals surface area contributed by atoms with Gasteiger partial charge in [-0.1, -0.05) is 11.6 Å². The fourth-order valence-electron chi connectivity index (χ4n) is 1.62. The van der Waals surface area contributed by atoms with E-state index in [1.165, 1.54) is 18.5 Å². The lowest BCUT2D eigenvalue weighted by molar-refractivity contribution is 0.210. The first-order chi connectivity index (χ1) is 10.1. The molecule has 1 heterocycles. The van der Waals surface area contributed by atoms with Gasteiger partial charge >= 0.3 is 0 Å². The van der Waals surface area contributed by atoms with Gasteiger partial charge in [0, 0.05) is 19.3 Å². The Bertz CT molecular complexity index is 626. The molecule has 4 N–H and O–H groups in total. The minimum Gasteiger partial charge on any atom is -0.393 e. The second kappa shape index (κ2) is 7.05. The Morgan fingerprint density at radius 1 is 1.33 bits per heavy atom. The topological polar surface area (TPSA) is 85.1 Å². The van der Waals surface area contributed by atoms with Crippen LogP contribution in [0.1, 0.15) is 0 Å². The van der Waals surface area contributed by atoms with Crippen molar-refractivity contribution in [1.29, 1.82) is 0 Å². The number of nitrogens with two attached hydrogens (primary N) is 1. The van der Waals surface area contributed by atoms with Crippen LogP contribution in [-0.2, 0) is 4.74 Å². The molecular formula is C13H15ClFN5O. The van der Waals surface area contributed by atoms with E-state index in [9.17, 15) is 4.39 Å². The number of ether oxygens (including phenoxy) is 1. The number of halogens is 2. The van der Waals surface area contributed by atoms with Crippen molar-refractivity contribution in [2.24, 2.45) is 0 Å². The number of anilines is 4. The van der Waals surface area contributed by atoms with Gasteiger partial charge in [0.2, 0.25) is 0 Å². The molecule has 112 valence electrons.